The fourth-order valence-electron chi connectivity index (χ4n) is 4.08. The highest BCUT2D eigenvalue weighted by Gasteiger charge is 2.34. The fraction of sp³-hybridized carbons (Fsp3) is 0.524. The Kier molecular flexibility index (Phi) is 5.55. The molecule has 6 nitrogen and oxygen atoms in total. The largest absolute Gasteiger partial charge is 0.378 e. The molecule has 0 radical (unpaired) electrons. The van der Waals surface area contributed by atoms with Crippen LogP contribution in [0.3, 0.4) is 0 Å². The average Bonchev–Trinajstić information content (AvgIpc) is 3.36. The van der Waals surface area contributed by atoms with Gasteiger partial charge in [0.2, 0.25) is 5.91 Å². The molecule has 2 aromatic rings. The maximum Gasteiger partial charge on any atom is 0.257 e. The van der Waals surface area contributed by atoms with E-state index in [2.05, 4.69) is 6.92 Å². The Morgan fingerprint density at radius 1 is 1.07 bits per heavy atom. The number of hydrogen-bond acceptors (Lipinski definition) is 4. The number of rotatable bonds is 3. The van der Waals surface area contributed by atoms with E-state index >= 15 is 0 Å². The molecule has 1 atom stereocenters. The molecule has 7 heteroatoms. The second kappa shape index (κ2) is 8.09. The van der Waals surface area contributed by atoms with Gasteiger partial charge in [0.25, 0.3) is 5.91 Å². The summed E-state index contributed by atoms with van der Waals surface area (Å²) in [5.74, 6) is 0.112. The Balaban J connectivity index is 1.54. The molecule has 2 aliphatic heterocycles. The molecular weight excluding hydrogens is 374 g/mol. The first-order valence-corrected chi connectivity index (χ1v) is 10.8. The van der Waals surface area contributed by atoms with Crippen molar-refractivity contribution in [3.8, 4) is 5.00 Å². The van der Waals surface area contributed by atoms with Crippen LogP contribution >= 0.6 is 11.3 Å². The van der Waals surface area contributed by atoms with Gasteiger partial charge in [0.05, 0.1) is 24.7 Å². The van der Waals surface area contributed by atoms with Crippen LogP contribution in [0.4, 0.5) is 0 Å². The Hall–Kier alpha value is -2.12. The van der Waals surface area contributed by atoms with Crippen molar-refractivity contribution in [2.24, 2.45) is 5.92 Å². The topological polar surface area (TPSA) is 54.8 Å². The van der Waals surface area contributed by atoms with E-state index in [-0.39, 0.29) is 17.7 Å². The van der Waals surface area contributed by atoms with Crippen molar-refractivity contribution in [1.29, 1.82) is 0 Å². The number of carbonyl (C=O) groups excluding carboxylic acids is 2. The number of hydrogen-bond donors (Lipinski definition) is 0. The van der Waals surface area contributed by atoms with Crippen LogP contribution in [0.5, 0.6) is 0 Å². The minimum Gasteiger partial charge on any atom is -0.378 e. The quantitative estimate of drug-likeness (QED) is 0.795. The van der Waals surface area contributed by atoms with Gasteiger partial charge in [-0.15, -0.1) is 11.3 Å². The maximum absolute atomic E-state index is 13.5. The highest BCUT2D eigenvalue weighted by molar-refractivity contribution is 7.15. The molecule has 2 aromatic heterocycles. The van der Waals surface area contributed by atoms with Gasteiger partial charge in [-0.05, 0) is 44.4 Å². The van der Waals surface area contributed by atoms with Gasteiger partial charge in [-0.2, -0.15) is 0 Å². The summed E-state index contributed by atoms with van der Waals surface area (Å²) in [5.41, 5.74) is 1.82. The zero-order chi connectivity index (χ0) is 19.7. The monoisotopic (exact) mass is 401 g/mol. The number of carbonyl (C=O) groups is 2. The summed E-state index contributed by atoms with van der Waals surface area (Å²) in [6.07, 6.45) is 5.67. The molecular formula is C21H27N3O3S. The third kappa shape index (κ3) is 3.61. The number of morpholine rings is 1. The predicted molar refractivity (Wildman–Crippen MR) is 109 cm³/mol. The number of likely N-dealkylation sites (tertiary alicyclic amines) is 1. The summed E-state index contributed by atoms with van der Waals surface area (Å²) in [6, 6.07) is 3.94. The molecule has 0 spiro atoms. The second-order valence-corrected chi connectivity index (χ2v) is 8.78. The number of amides is 2. The van der Waals surface area contributed by atoms with Crippen molar-refractivity contribution < 1.29 is 14.3 Å². The van der Waals surface area contributed by atoms with Crippen LogP contribution in [0.1, 0.15) is 33.6 Å². The van der Waals surface area contributed by atoms with E-state index in [1.165, 1.54) is 0 Å². The third-order valence-electron chi connectivity index (χ3n) is 5.80. The van der Waals surface area contributed by atoms with Gasteiger partial charge in [-0.25, -0.2) is 0 Å². The van der Waals surface area contributed by atoms with Gasteiger partial charge in [-0.1, -0.05) is 0 Å². The lowest BCUT2D eigenvalue weighted by Gasteiger charge is -2.36. The average molecular weight is 402 g/mol. The minimum atomic E-state index is -0.106. The lowest BCUT2D eigenvalue weighted by Crippen LogP contribution is -2.49. The van der Waals surface area contributed by atoms with Crippen LogP contribution in [0, 0.1) is 19.8 Å². The Labute approximate surface area is 169 Å². The number of nitrogens with zero attached hydrogens (tertiary/aromatic N) is 3. The maximum atomic E-state index is 13.5. The van der Waals surface area contributed by atoms with Crippen molar-refractivity contribution in [1.82, 2.24) is 14.4 Å². The Bertz CT molecular complexity index is 853. The van der Waals surface area contributed by atoms with Gasteiger partial charge in [0, 0.05) is 43.4 Å². The van der Waals surface area contributed by atoms with Crippen LogP contribution in [0.25, 0.3) is 5.00 Å². The van der Waals surface area contributed by atoms with E-state index in [1.807, 2.05) is 45.8 Å². The molecule has 4 heterocycles. The SMILES string of the molecule is Cc1sc(-n2cccc2)c(C(=O)N2CCCC(C(=O)N3CCOCC3)C2)c1C. The van der Waals surface area contributed by atoms with Crippen molar-refractivity contribution in [3.05, 3.63) is 40.5 Å². The molecule has 1 unspecified atom stereocenters. The number of piperidine rings is 1. The van der Waals surface area contributed by atoms with Gasteiger partial charge >= 0.3 is 0 Å². The van der Waals surface area contributed by atoms with E-state index < -0.39 is 0 Å². The third-order valence-corrected chi connectivity index (χ3v) is 7.02. The first-order chi connectivity index (χ1) is 13.6. The number of ether oxygens (including phenoxy) is 1. The number of thiophene rings is 1. The van der Waals surface area contributed by atoms with Gasteiger partial charge in [0.15, 0.2) is 0 Å². The summed E-state index contributed by atoms with van der Waals surface area (Å²) in [7, 11) is 0. The van der Waals surface area contributed by atoms with Gasteiger partial charge in [0.1, 0.15) is 5.00 Å². The standard InChI is InChI=1S/C21H27N3O3S/c1-15-16(2)28-21(23-7-3-4-8-23)18(15)20(26)24-9-5-6-17(14-24)19(25)22-10-12-27-13-11-22/h3-4,7-8,17H,5-6,9-14H2,1-2H3. The molecule has 4 rings (SSSR count). The first-order valence-electron chi connectivity index (χ1n) is 9.95. The summed E-state index contributed by atoms with van der Waals surface area (Å²) in [4.78, 5) is 31.3. The fourth-order valence-corrected chi connectivity index (χ4v) is 5.19. The zero-order valence-electron chi connectivity index (χ0n) is 16.5. The molecule has 28 heavy (non-hydrogen) atoms. The molecule has 0 aliphatic carbocycles. The van der Waals surface area contributed by atoms with Crippen LogP contribution in [0.15, 0.2) is 24.5 Å². The van der Waals surface area contributed by atoms with Crippen LogP contribution in [0.2, 0.25) is 0 Å². The molecule has 2 saturated heterocycles. The smallest absolute Gasteiger partial charge is 0.257 e. The van der Waals surface area contributed by atoms with Crippen LogP contribution in [-0.4, -0.2) is 65.6 Å². The van der Waals surface area contributed by atoms with Crippen molar-refractivity contribution in [2.75, 3.05) is 39.4 Å². The summed E-state index contributed by atoms with van der Waals surface area (Å²) < 4.78 is 7.37. The summed E-state index contributed by atoms with van der Waals surface area (Å²) in [6.45, 7) is 7.83. The molecule has 2 amide bonds. The van der Waals surface area contributed by atoms with Crippen molar-refractivity contribution in [3.63, 3.8) is 0 Å². The van der Waals surface area contributed by atoms with E-state index in [0.717, 1.165) is 33.8 Å². The van der Waals surface area contributed by atoms with Crippen molar-refractivity contribution in [2.45, 2.75) is 26.7 Å². The Morgan fingerprint density at radius 2 is 1.79 bits per heavy atom. The normalized spacial score (nSPS) is 20.4. The lowest BCUT2D eigenvalue weighted by molar-refractivity contribution is -0.141. The molecule has 0 saturated carbocycles. The van der Waals surface area contributed by atoms with E-state index in [4.69, 9.17) is 4.74 Å². The van der Waals surface area contributed by atoms with Crippen LogP contribution < -0.4 is 0 Å². The second-order valence-electron chi connectivity index (χ2n) is 7.58. The minimum absolute atomic E-state index is 0.0463. The molecule has 0 bridgehead atoms. The number of aromatic nitrogens is 1. The highest BCUT2D eigenvalue weighted by Crippen LogP contribution is 2.33. The van der Waals surface area contributed by atoms with Gasteiger partial charge in [-0.3, -0.25) is 9.59 Å². The van der Waals surface area contributed by atoms with E-state index in [9.17, 15) is 9.59 Å². The first kappa shape index (κ1) is 19.2. The van der Waals surface area contributed by atoms with Gasteiger partial charge < -0.3 is 19.1 Å². The molecule has 2 aliphatic rings. The number of aryl methyl sites for hydroxylation is 1. The molecule has 150 valence electrons. The molecule has 2 fully saturated rings. The summed E-state index contributed by atoms with van der Waals surface area (Å²) >= 11 is 1.65. The predicted octanol–water partition coefficient (Wildman–Crippen LogP) is 2.87. The zero-order valence-corrected chi connectivity index (χ0v) is 17.3. The van der Waals surface area contributed by atoms with E-state index in [0.29, 0.717) is 39.4 Å². The highest BCUT2D eigenvalue weighted by atomic mass is 32.1. The lowest BCUT2D eigenvalue weighted by atomic mass is 9.95. The van der Waals surface area contributed by atoms with Crippen molar-refractivity contribution >= 4 is 23.2 Å². The van der Waals surface area contributed by atoms with E-state index in [1.54, 1.807) is 11.3 Å². The summed E-state index contributed by atoms with van der Waals surface area (Å²) in [5, 5.41) is 0.964. The molecule has 0 N–H and O–H groups in total. The van der Waals surface area contributed by atoms with Crippen LogP contribution in [-0.2, 0) is 9.53 Å². The molecule has 0 aromatic carbocycles. The Morgan fingerprint density at radius 3 is 2.50 bits per heavy atom.